The molecule has 0 aliphatic heterocycles. The molecule has 78 valence electrons. The first-order chi connectivity index (χ1) is 7.18. The summed E-state index contributed by atoms with van der Waals surface area (Å²) in [5, 5.41) is 2.04. The fourth-order valence-electron chi connectivity index (χ4n) is 1.44. The van der Waals surface area contributed by atoms with E-state index in [1.807, 2.05) is 30.5 Å². The maximum atomic E-state index is 6.18. The monoisotopic (exact) mass is 282 g/mol. The van der Waals surface area contributed by atoms with Gasteiger partial charge in [-0.1, -0.05) is 0 Å². The van der Waals surface area contributed by atoms with Crippen molar-refractivity contribution in [3.8, 4) is 0 Å². The second-order valence-corrected chi connectivity index (χ2v) is 5.14. The molecule has 0 spiro atoms. The third-order valence-corrected chi connectivity index (χ3v) is 4.16. The molecule has 0 aliphatic carbocycles. The number of rotatable bonds is 2. The van der Waals surface area contributed by atoms with Crippen LogP contribution in [0.25, 0.3) is 0 Å². The first kappa shape index (κ1) is 10.8. The van der Waals surface area contributed by atoms with E-state index in [0.717, 1.165) is 20.6 Å². The lowest BCUT2D eigenvalue weighted by Crippen LogP contribution is -2.11. The van der Waals surface area contributed by atoms with Gasteiger partial charge in [0, 0.05) is 21.2 Å². The van der Waals surface area contributed by atoms with Gasteiger partial charge in [0.15, 0.2) is 0 Å². The van der Waals surface area contributed by atoms with Gasteiger partial charge in [-0.25, -0.2) is 0 Å². The van der Waals surface area contributed by atoms with Gasteiger partial charge in [0.1, 0.15) is 0 Å². The molecule has 0 fully saturated rings. The van der Waals surface area contributed by atoms with Crippen molar-refractivity contribution in [1.29, 1.82) is 0 Å². The van der Waals surface area contributed by atoms with Gasteiger partial charge in [0.25, 0.3) is 0 Å². The quantitative estimate of drug-likeness (QED) is 0.918. The van der Waals surface area contributed by atoms with Crippen LogP contribution in [-0.4, -0.2) is 4.98 Å². The number of halogens is 1. The number of nitrogens with zero attached hydrogens (tertiary/aromatic N) is 1. The topological polar surface area (TPSA) is 38.9 Å². The molecule has 2 rings (SSSR count). The summed E-state index contributed by atoms with van der Waals surface area (Å²) >= 11 is 5.16. The van der Waals surface area contributed by atoms with E-state index < -0.39 is 0 Å². The van der Waals surface area contributed by atoms with Crippen molar-refractivity contribution in [2.75, 3.05) is 0 Å². The standard InChI is InChI=1S/C11H11BrN2S/c1-7-6-8(2-4-14-7)10(13)11-9(12)3-5-15-11/h2-6,10H,13H2,1H3. The summed E-state index contributed by atoms with van der Waals surface area (Å²) in [6, 6.07) is 5.94. The molecule has 0 radical (unpaired) electrons. The maximum Gasteiger partial charge on any atom is 0.0658 e. The van der Waals surface area contributed by atoms with Gasteiger partial charge in [0.05, 0.1) is 6.04 Å². The molecular formula is C11H11BrN2S. The number of aromatic nitrogens is 1. The van der Waals surface area contributed by atoms with Gasteiger partial charge in [0.2, 0.25) is 0 Å². The zero-order valence-electron chi connectivity index (χ0n) is 8.27. The van der Waals surface area contributed by atoms with Crippen LogP contribution >= 0.6 is 27.3 Å². The molecule has 0 aromatic carbocycles. The van der Waals surface area contributed by atoms with Crippen molar-refractivity contribution < 1.29 is 0 Å². The van der Waals surface area contributed by atoms with Crippen molar-refractivity contribution in [3.05, 3.63) is 50.4 Å². The van der Waals surface area contributed by atoms with Crippen LogP contribution in [0.3, 0.4) is 0 Å². The Morgan fingerprint density at radius 3 is 2.87 bits per heavy atom. The van der Waals surface area contributed by atoms with Gasteiger partial charge in [-0.15, -0.1) is 11.3 Å². The Morgan fingerprint density at radius 1 is 1.47 bits per heavy atom. The number of pyridine rings is 1. The summed E-state index contributed by atoms with van der Waals surface area (Å²) in [5.41, 5.74) is 8.28. The molecule has 4 heteroatoms. The fraction of sp³-hybridized carbons (Fsp3) is 0.182. The Morgan fingerprint density at radius 2 is 2.27 bits per heavy atom. The zero-order chi connectivity index (χ0) is 10.8. The number of thiophene rings is 1. The summed E-state index contributed by atoms with van der Waals surface area (Å²) in [5.74, 6) is 0. The Kier molecular flexibility index (Phi) is 3.19. The fourth-order valence-corrected chi connectivity index (χ4v) is 3.09. The third-order valence-electron chi connectivity index (χ3n) is 2.21. The van der Waals surface area contributed by atoms with Gasteiger partial charge < -0.3 is 5.73 Å². The molecule has 0 saturated heterocycles. The summed E-state index contributed by atoms with van der Waals surface area (Å²) in [6.07, 6.45) is 1.80. The predicted molar refractivity (Wildman–Crippen MR) is 67.0 cm³/mol. The highest BCUT2D eigenvalue weighted by molar-refractivity contribution is 9.10. The second-order valence-electron chi connectivity index (χ2n) is 3.34. The van der Waals surface area contributed by atoms with Crippen LogP contribution < -0.4 is 5.73 Å². The molecule has 2 nitrogen and oxygen atoms in total. The van der Waals surface area contributed by atoms with Crippen LogP contribution in [0.15, 0.2) is 34.2 Å². The Labute approximate surface area is 101 Å². The first-order valence-corrected chi connectivity index (χ1v) is 6.27. The van der Waals surface area contributed by atoms with Crippen molar-refractivity contribution in [1.82, 2.24) is 4.98 Å². The molecule has 0 amide bonds. The molecule has 1 unspecified atom stereocenters. The van der Waals surface area contributed by atoms with Gasteiger partial charge >= 0.3 is 0 Å². The van der Waals surface area contributed by atoms with Crippen LogP contribution in [0.2, 0.25) is 0 Å². The highest BCUT2D eigenvalue weighted by Gasteiger charge is 2.13. The zero-order valence-corrected chi connectivity index (χ0v) is 10.7. The SMILES string of the molecule is Cc1cc(C(N)c2sccc2Br)ccn1. The average Bonchev–Trinajstić information content (AvgIpc) is 2.63. The summed E-state index contributed by atoms with van der Waals surface area (Å²) in [4.78, 5) is 5.32. The minimum Gasteiger partial charge on any atom is -0.320 e. The maximum absolute atomic E-state index is 6.18. The van der Waals surface area contributed by atoms with E-state index in [2.05, 4.69) is 20.9 Å². The third kappa shape index (κ3) is 2.27. The highest BCUT2D eigenvalue weighted by atomic mass is 79.9. The molecule has 2 aromatic heterocycles. The van der Waals surface area contributed by atoms with Gasteiger partial charge in [-0.3, -0.25) is 4.98 Å². The molecular weight excluding hydrogens is 272 g/mol. The summed E-state index contributed by atoms with van der Waals surface area (Å²) in [7, 11) is 0. The molecule has 2 aromatic rings. The van der Waals surface area contributed by atoms with E-state index in [4.69, 9.17) is 5.73 Å². The van der Waals surface area contributed by atoms with Crippen LogP contribution in [-0.2, 0) is 0 Å². The van der Waals surface area contributed by atoms with E-state index in [9.17, 15) is 0 Å². The number of aryl methyl sites for hydroxylation is 1. The van der Waals surface area contributed by atoms with E-state index in [-0.39, 0.29) is 6.04 Å². The predicted octanol–water partition coefficient (Wildman–Crippen LogP) is 3.26. The summed E-state index contributed by atoms with van der Waals surface area (Å²) < 4.78 is 1.08. The number of hydrogen-bond acceptors (Lipinski definition) is 3. The Bertz CT molecular complexity index is 467. The van der Waals surface area contributed by atoms with E-state index >= 15 is 0 Å². The lowest BCUT2D eigenvalue weighted by Gasteiger charge is -2.11. The number of hydrogen-bond donors (Lipinski definition) is 1. The van der Waals surface area contributed by atoms with Crippen molar-refractivity contribution >= 4 is 27.3 Å². The normalized spacial score (nSPS) is 12.7. The van der Waals surface area contributed by atoms with Crippen molar-refractivity contribution in [2.24, 2.45) is 5.73 Å². The van der Waals surface area contributed by atoms with Crippen LogP contribution in [0.5, 0.6) is 0 Å². The van der Waals surface area contributed by atoms with Crippen LogP contribution in [0.1, 0.15) is 22.2 Å². The minimum absolute atomic E-state index is 0.0684. The average molecular weight is 283 g/mol. The Hall–Kier alpha value is -0.710. The Balaban J connectivity index is 2.36. The molecule has 0 bridgehead atoms. The van der Waals surface area contributed by atoms with E-state index in [1.54, 1.807) is 17.5 Å². The molecule has 15 heavy (non-hydrogen) atoms. The highest BCUT2D eigenvalue weighted by Crippen LogP contribution is 2.31. The van der Waals surface area contributed by atoms with Crippen molar-refractivity contribution in [3.63, 3.8) is 0 Å². The number of nitrogens with two attached hydrogens (primary N) is 1. The first-order valence-electron chi connectivity index (χ1n) is 4.59. The van der Waals surface area contributed by atoms with Crippen LogP contribution in [0.4, 0.5) is 0 Å². The molecule has 2 heterocycles. The van der Waals surface area contributed by atoms with E-state index in [1.165, 1.54) is 0 Å². The second kappa shape index (κ2) is 4.43. The van der Waals surface area contributed by atoms with E-state index in [0.29, 0.717) is 0 Å². The molecule has 0 aliphatic rings. The minimum atomic E-state index is -0.0684. The van der Waals surface area contributed by atoms with Gasteiger partial charge in [-0.05, 0) is 52.0 Å². The summed E-state index contributed by atoms with van der Waals surface area (Å²) in [6.45, 7) is 1.97. The lowest BCUT2D eigenvalue weighted by atomic mass is 10.1. The van der Waals surface area contributed by atoms with Crippen LogP contribution in [0, 0.1) is 6.92 Å². The molecule has 0 saturated carbocycles. The smallest absolute Gasteiger partial charge is 0.0658 e. The largest absolute Gasteiger partial charge is 0.320 e. The van der Waals surface area contributed by atoms with Crippen molar-refractivity contribution in [2.45, 2.75) is 13.0 Å². The molecule has 2 N–H and O–H groups in total. The lowest BCUT2D eigenvalue weighted by molar-refractivity contribution is 0.880. The van der Waals surface area contributed by atoms with Gasteiger partial charge in [-0.2, -0.15) is 0 Å². The molecule has 1 atom stereocenters.